The molecule has 0 unspecified atom stereocenters. The first kappa shape index (κ1) is 18.1. The van der Waals surface area contributed by atoms with E-state index in [0.717, 1.165) is 67.1 Å². The van der Waals surface area contributed by atoms with Crippen LogP contribution in [-0.4, -0.2) is 52.8 Å². The first-order valence-corrected chi connectivity index (χ1v) is 10.6. The van der Waals surface area contributed by atoms with Gasteiger partial charge in [-0.1, -0.05) is 30.3 Å². The molecule has 0 saturated carbocycles. The van der Waals surface area contributed by atoms with Crippen LogP contribution in [0.2, 0.25) is 0 Å². The topological polar surface area (TPSA) is 69.2 Å². The second-order valence-electron chi connectivity index (χ2n) is 7.95. The number of nitrogens with one attached hydrogen (secondary N) is 1. The predicted octanol–water partition coefficient (Wildman–Crippen LogP) is 1.43. The molecule has 8 heteroatoms. The van der Waals surface area contributed by atoms with Crippen molar-refractivity contribution in [3.63, 3.8) is 0 Å². The van der Waals surface area contributed by atoms with Crippen LogP contribution in [-0.2, 0) is 6.54 Å². The number of hydrogen-bond acceptors (Lipinski definition) is 6. The summed E-state index contributed by atoms with van der Waals surface area (Å²) >= 11 is 0. The second-order valence-corrected chi connectivity index (χ2v) is 7.95. The molecule has 0 bridgehead atoms. The third-order valence-corrected chi connectivity index (χ3v) is 5.97. The van der Waals surface area contributed by atoms with E-state index >= 15 is 0 Å². The average molecular weight is 415 g/mol. The van der Waals surface area contributed by atoms with Crippen molar-refractivity contribution in [2.24, 2.45) is 0 Å². The van der Waals surface area contributed by atoms with Crippen molar-refractivity contribution in [1.82, 2.24) is 19.8 Å². The van der Waals surface area contributed by atoms with Crippen molar-refractivity contribution in [2.75, 3.05) is 37.9 Å². The van der Waals surface area contributed by atoms with Gasteiger partial charge in [0.05, 0.1) is 26.2 Å². The standard InChI is InChI=1S/C23H22N6O2/c1-2-4-18(5-3-1)23-25-24-21-8-9-22(26-29(21)23)28-12-10-27(11-13-28)15-17-6-7-19-20(14-17)31-16-30-19/h1-9,14H,10-13,15-16H2/p+1. The van der Waals surface area contributed by atoms with Crippen LogP contribution in [0.25, 0.3) is 17.0 Å². The Morgan fingerprint density at radius 3 is 2.58 bits per heavy atom. The van der Waals surface area contributed by atoms with Gasteiger partial charge >= 0.3 is 0 Å². The largest absolute Gasteiger partial charge is 0.454 e. The number of nitrogens with zero attached hydrogens (tertiary/aromatic N) is 5. The molecule has 2 aliphatic heterocycles. The maximum absolute atomic E-state index is 5.51. The van der Waals surface area contributed by atoms with Gasteiger partial charge in [-0.15, -0.1) is 15.3 Å². The van der Waals surface area contributed by atoms with E-state index in [1.807, 2.05) is 53.0 Å². The summed E-state index contributed by atoms with van der Waals surface area (Å²) in [6.45, 7) is 5.34. The van der Waals surface area contributed by atoms with E-state index in [1.54, 1.807) is 4.90 Å². The van der Waals surface area contributed by atoms with Gasteiger partial charge in [0.25, 0.3) is 0 Å². The van der Waals surface area contributed by atoms with E-state index in [1.165, 1.54) is 5.56 Å². The van der Waals surface area contributed by atoms with Crippen LogP contribution in [0.4, 0.5) is 5.82 Å². The van der Waals surface area contributed by atoms with Crippen molar-refractivity contribution in [1.29, 1.82) is 0 Å². The first-order valence-electron chi connectivity index (χ1n) is 10.6. The predicted molar refractivity (Wildman–Crippen MR) is 115 cm³/mol. The molecule has 0 amide bonds. The Hall–Kier alpha value is -3.65. The number of quaternary nitrogens is 1. The summed E-state index contributed by atoms with van der Waals surface area (Å²) in [6.07, 6.45) is 0. The van der Waals surface area contributed by atoms with Gasteiger partial charge in [-0.3, -0.25) is 0 Å². The summed E-state index contributed by atoms with van der Waals surface area (Å²) < 4.78 is 12.8. The van der Waals surface area contributed by atoms with Crippen LogP contribution >= 0.6 is 0 Å². The van der Waals surface area contributed by atoms with E-state index in [2.05, 4.69) is 27.2 Å². The molecule has 2 aliphatic rings. The minimum Gasteiger partial charge on any atom is -0.454 e. The van der Waals surface area contributed by atoms with Gasteiger partial charge < -0.3 is 19.3 Å². The first-order chi connectivity index (χ1) is 15.3. The maximum Gasteiger partial charge on any atom is 0.231 e. The molecule has 0 radical (unpaired) electrons. The van der Waals surface area contributed by atoms with Gasteiger partial charge in [0.15, 0.2) is 23.0 Å². The summed E-state index contributed by atoms with van der Waals surface area (Å²) in [7, 11) is 0. The van der Waals surface area contributed by atoms with E-state index < -0.39 is 0 Å². The zero-order valence-electron chi connectivity index (χ0n) is 17.1. The van der Waals surface area contributed by atoms with E-state index in [0.29, 0.717) is 6.79 Å². The SMILES string of the molecule is c1ccc(-c2nnc3ccc(N4CC[NH+](Cc5ccc6c(c5)OCO6)CC4)nn23)cc1. The third kappa shape index (κ3) is 3.44. The lowest BCUT2D eigenvalue weighted by Crippen LogP contribution is -3.13. The van der Waals surface area contributed by atoms with E-state index in [4.69, 9.17) is 14.6 Å². The molecular formula is C23H23N6O2+. The van der Waals surface area contributed by atoms with Gasteiger partial charge in [0.1, 0.15) is 12.4 Å². The molecule has 1 saturated heterocycles. The second kappa shape index (κ2) is 7.55. The highest BCUT2D eigenvalue weighted by molar-refractivity contribution is 5.59. The van der Waals surface area contributed by atoms with Crippen LogP contribution in [0.5, 0.6) is 11.5 Å². The highest BCUT2D eigenvalue weighted by Gasteiger charge is 2.23. The molecule has 2 aromatic carbocycles. The summed E-state index contributed by atoms with van der Waals surface area (Å²) in [4.78, 5) is 3.91. The number of ether oxygens (including phenoxy) is 2. The van der Waals surface area contributed by atoms with Crippen LogP contribution < -0.4 is 19.3 Å². The molecule has 4 aromatic rings. The minimum atomic E-state index is 0.320. The summed E-state index contributed by atoms with van der Waals surface area (Å²) in [5, 5.41) is 13.5. The Labute approximate surface area is 179 Å². The zero-order valence-corrected chi connectivity index (χ0v) is 17.1. The molecule has 0 spiro atoms. The number of anilines is 1. The highest BCUT2D eigenvalue weighted by Crippen LogP contribution is 2.32. The van der Waals surface area contributed by atoms with Crippen molar-refractivity contribution >= 4 is 11.5 Å². The smallest absolute Gasteiger partial charge is 0.231 e. The molecule has 31 heavy (non-hydrogen) atoms. The van der Waals surface area contributed by atoms with Crippen molar-refractivity contribution in [3.8, 4) is 22.9 Å². The molecule has 1 N–H and O–H groups in total. The van der Waals surface area contributed by atoms with Gasteiger partial charge in [-0.05, 0) is 30.3 Å². The molecule has 2 aromatic heterocycles. The Morgan fingerprint density at radius 2 is 1.71 bits per heavy atom. The molecule has 156 valence electrons. The molecule has 1 fully saturated rings. The lowest BCUT2D eigenvalue weighted by molar-refractivity contribution is -0.914. The average Bonchev–Trinajstić information content (AvgIpc) is 3.46. The van der Waals surface area contributed by atoms with Crippen molar-refractivity contribution in [3.05, 3.63) is 66.2 Å². The van der Waals surface area contributed by atoms with Gasteiger partial charge in [0.2, 0.25) is 6.79 Å². The number of aromatic nitrogens is 4. The number of benzene rings is 2. The molecule has 4 heterocycles. The summed E-state index contributed by atoms with van der Waals surface area (Å²) in [6, 6.07) is 20.4. The molecular weight excluding hydrogens is 392 g/mol. The van der Waals surface area contributed by atoms with E-state index in [-0.39, 0.29) is 0 Å². The summed E-state index contributed by atoms with van der Waals surface area (Å²) in [5.41, 5.74) is 3.05. The third-order valence-electron chi connectivity index (χ3n) is 5.97. The number of rotatable bonds is 4. The Balaban J connectivity index is 1.16. The maximum atomic E-state index is 5.51. The number of piperazine rings is 1. The van der Waals surface area contributed by atoms with Crippen LogP contribution in [0, 0.1) is 0 Å². The Bertz CT molecular complexity index is 1220. The van der Waals surface area contributed by atoms with Gasteiger partial charge in [-0.2, -0.15) is 4.52 Å². The lowest BCUT2D eigenvalue weighted by Gasteiger charge is -2.32. The van der Waals surface area contributed by atoms with Gasteiger partial charge in [0, 0.05) is 11.1 Å². The van der Waals surface area contributed by atoms with Crippen molar-refractivity contribution < 1.29 is 14.4 Å². The van der Waals surface area contributed by atoms with Crippen LogP contribution in [0.3, 0.4) is 0 Å². The molecule has 0 atom stereocenters. The number of hydrogen-bond donors (Lipinski definition) is 1. The normalized spacial score (nSPS) is 16.2. The highest BCUT2D eigenvalue weighted by atomic mass is 16.7. The fraction of sp³-hybridized carbons (Fsp3) is 0.261. The Kier molecular flexibility index (Phi) is 4.42. The minimum absolute atomic E-state index is 0.320. The van der Waals surface area contributed by atoms with Crippen LogP contribution in [0.1, 0.15) is 5.56 Å². The zero-order chi connectivity index (χ0) is 20.6. The lowest BCUT2D eigenvalue weighted by atomic mass is 10.1. The van der Waals surface area contributed by atoms with Gasteiger partial charge in [-0.25, -0.2) is 0 Å². The van der Waals surface area contributed by atoms with Crippen LogP contribution in [0.15, 0.2) is 60.7 Å². The fourth-order valence-electron chi connectivity index (χ4n) is 4.28. The molecule has 0 aliphatic carbocycles. The Morgan fingerprint density at radius 1 is 0.871 bits per heavy atom. The molecule has 6 rings (SSSR count). The van der Waals surface area contributed by atoms with Crippen molar-refractivity contribution in [2.45, 2.75) is 6.54 Å². The fourth-order valence-corrected chi connectivity index (χ4v) is 4.28. The monoisotopic (exact) mass is 415 g/mol. The summed E-state index contributed by atoms with van der Waals surface area (Å²) in [5.74, 6) is 3.43. The van der Waals surface area contributed by atoms with E-state index in [9.17, 15) is 0 Å². The number of fused-ring (bicyclic) bond motifs is 2. The molecule has 8 nitrogen and oxygen atoms in total. The quantitative estimate of drug-likeness (QED) is 0.544.